The van der Waals surface area contributed by atoms with Crippen molar-refractivity contribution in [3.05, 3.63) is 59.4 Å². The van der Waals surface area contributed by atoms with E-state index >= 15 is 0 Å². The third-order valence-electron chi connectivity index (χ3n) is 3.66. The van der Waals surface area contributed by atoms with Crippen molar-refractivity contribution in [2.24, 2.45) is 0 Å². The van der Waals surface area contributed by atoms with Gasteiger partial charge in [-0.25, -0.2) is 4.39 Å². The van der Waals surface area contributed by atoms with Gasteiger partial charge in [0.05, 0.1) is 12.7 Å². The highest BCUT2D eigenvalue weighted by atomic mass is 32.2. The molecular formula is C17H17FO2S. The first-order valence-electron chi connectivity index (χ1n) is 6.97. The summed E-state index contributed by atoms with van der Waals surface area (Å²) in [5, 5.41) is 9.73. The Kier molecular flexibility index (Phi) is 4.17. The van der Waals surface area contributed by atoms with E-state index in [1.165, 1.54) is 22.6 Å². The van der Waals surface area contributed by atoms with Gasteiger partial charge in [0.1, 0.15) is 11.6 Å². The van der Waals surface area contributed by atoms with E-state index in [0.717, 1.165) is 5.75 Å². The number of hydrogen-bond donors (Lipinski definition) is 1. The normalized spacial score (nSPS) is 18.3. The minimum atomic E-state index is -0.749. The molecule has 21 heavy (non-hydrogen) atoms. The van der Waals surface area contributed by atoms with Crippen LogP contribution < -0.4 is 4.74 Å². The smallest absolute Gasteiger partial charge is 0.125 e. The van der Waals surface area contributed by atoms with Crippen LogP contribution in [0.15, 0.2) is 47.4 Å². The molecule has 2 atom stereocenters. The van der Waals surface area contributed by atoms with Gasteiger partial charge >= 0.3 is 0 Å². The minimum absolute atomic E-state index is 0.332. The molecule has 0 aromatic heterocycles. The summed E-state index contributed by atoms with van der Waals surface area (Å²) in [5.74, 6) is 1.52. The number of aliphatic hydroxyl groups excluding tert-OH is 1. The van der Waals surface area contributed by atoms with E-state index < -0.39 is 6.10 Å². The Hall–Kier alpha value is -1.52. The summed E-state index contributed by atoms with van der Waals surface area (Å²) in [7, 11) is 0. The van der Waals surface area contributed by atoms with Gasteiger partial charge in [0, 0.05) is 22.1 Å². The van der Waals surface area contributed by atoms with E-state index in [0.29, 0.717) is 23.8 Å². The van der Waals surface area contributed by atoms with Crippen molar-refractivity contribution < 1.29 is 14.2 Å². The van der Waals surface area contributed by atoms with Gasteiger partial charge in [-0.05, 0) is 36.8 Å². The fraction of sp³-hybridized carbons (Fsp3) is 0.294. The Balaban J connectivity index is 1.75. The van der Waals surface area contributed by atoms with Crippen molar-refractivity contribution in [3.63, 3.8) is 0 Å². The molecule has 0 aliphatic carbocycles. The second-order valence-corrected chi connectivity index (χ2v) is 6.28. The zero-order valence-corrected chi connectivity index (χ0v) is 12.6. The summed E-state index contributed by atoms with van der Waals surface area (Å²) in [4.78, 5) is 1.31. The van der Waals surface area contributed by atoms with Crippen LogP contribution in [-0.4, -0.2) is 17.5 Å². The van der Waals surface area contributed by atoms with E-state index in [-0.39, 0.29) is 5.82 Å². The molecule has 0 radical (unpaired) electrons. The molecule has 0 bridgehead atoms. The standard InChI is InChI=1S/C17H17FO2S/c1-11(19)15-8-13(18)6-7-16(15)20-9-12-10-21-17-5-3-2-4-14(12)17/h2-8,11-12,19H,9-10H2,1H3. The molecule has 3 rings (SSSR count). The van der Waals surface area contributed by atoms with E-state index in [2.05, 4.69) is 12.1 Å². The maximum atomic E-state index is 13.3. The molecule has 0 fully saturated rings. The van der Waals surface area contributed by atoms with E-state index in [4.69, 9.17) is 4.74 Å². The van der Waals surface area contributed by atoms with Crippen molar-refractivity contribution in [2.75, 3.05) is 12.4 Å². The number of hydrogen-bond acceptors (Lipinski definition) is 3. The minimum Gasteiger partial charge on any atom is -0.493 e. The highest BCUT2D eigenvalue weighted by Crippen LogP contribution is 2.39. The van der Waals surface area contributed by atoms with E-state index in [9.17, 15) is 9.50 Å². The number of ether oxygens (including phenoxy) is 1. The third-order valence-corrected chi connectivity index (χ3v) is 4.91. The van der Waals surface area contributed by atoms with Crippen molar-refractivity contribution in [1.82, 2.24) is 0 Å². The molecule has 2 aromatic carbocycles. The molecule has 2 nitrogen and oxygen atoms in total. The molecule has 0 spiro atoms. The average Bonchev–Trinajstić information content (AvgIpc) is 2.89. The average molecular weight is 304 g/mol. The highest BCUT2D eigenvalue weighted by molar-refractivity contribution is 7.99. The number of thioether (sulfide) groups is 1. The first-order valence-corrected chi connectivity index (χ1v) is 7.95. The van der Waals surface area contributed by atoms with Gasteiger partial charge in [-0.2, -0.15) is 0 Å². The number of fused-ring (bicyclic) bond motifs is 1. The summed E-state index contributed by atoms with van der Waals surface area (Å²) in [5.41, 5.74) is 1.80. The molecule has 1 N–H and O–H groups in total. The Morgan fingerprint density at radius 1 is 1.33 bits per heavy atom. The topological polar surface area (TPSA) is 29.5 Å². The predicted molar refractivity (Wildman–Crippen MR) is 82.4 cm³/mol. The number of benzene rings is 2. The number of rotatable bonds is 4. The summed E-state index contributed by atoms with van der Waals surface area (Å²) < 4.78 is 19.1. The third kappa shape index (κ3) is 3.06. The molecular weight excluding hydrogens is 287 g/mol. The summed E-state index contributed by atoms with van der Waals surface area (Å²) in [6.07, 6.45) is -0.749. The van der Waals surface area contributed by atoms with Crippen molar-refractivity contribution >= 4 is 11.8 Å². The van der Waals surface area contributed by atoms with Crippen LogP contribution in [0.25, 0.3) is 0 Å². The molecule has 4 heteroatoms. The lowest BCUT2D eigenvalue weighted by atomic mass is 10.0. The van der Waals surface area contributed by atoms with Gasteiger partial charge in [0.2, 0.25) is 0 Å². The lowest BCUT2D eigenvalue weighted by Gasteiger charge is -2.16. The Bertz CT molecular complexity index is 642. The van der Waals surface area contributed by atoms with Crippen molar-refractivity contribution in [2.45, 2.75) is 23.8 Å². The van der Waals surface area contributed by atoms with Gasteiger partial charge in [-0.1, -0.05) is 18.2 Å². The second-order valence-electron chi connectivity index (χ2n) is 5.21. The quantitative estimate of drug-likeness (QED) is 0.920. The fourth-order valence-electron chi connectivity index (χ4n) is 2.53. The lowest BCUT2D eigenvalue weighted by molar-refractivity contribution is 0.189. The molecule has 0 saturated heterocycles. The predicted octanol–water partition coefficient (Wildman–Crippen LogP) is 4.15. The van der Waals surface area contributed by atoms with Gasteiger partial charge in [-0.3, -0.25) is 0 Å². The summed E-state index contributed by atoms with van der Waals surface area (Å²) in [6.45, 7) is 2.15. The van der Waals surface area contributed by atoms with E-state index in [1.807, 2.05) is 23.9 Å². The summed E-state index contributed by atoms with van der Waals surface area (Å²) in [6, 6.07) is 12.6. The van der Waals surface area contributed by atoms with Crippen LogP contribution in [0.3, 0.4) is 0 Å². The van der Waals surface area contributed by atoms with Gasteiger partial charge in [0.15, 0.2) is 0 Å². The van der Waals surface area contributed by atoms with Crippen LogP contribution in [0, 0.1) is 5.82 Å². The van der Waals surface area contributed by atoms with Crippen LogP contribution in [0.4, 0.5) is 4.39 Å². The molecule has 2 unspecified atom stereocenters. The first kappa shape index (κ1) is 14.4. The monoisotopic (exact) mass is 304 g/mol. The largest absolute Gasteiger partial charge is 0.493 e. The fourth-order valence-corrected chi connectivity index (χ4v) is 3.77. The number of halogens is 1. The van der Waals surface area contributed by atoms with Crippen LogP contribution in [0.1, 0.15) is 30.1 Å². The Morgan fingerprint density at radius 2 is 2.14 bits per heavy atom. The Morgan fingerprint density at radius 3 is 2.95 bits per heavy atom. The van der Waals surface area contributed by atoms with Crippen LogP contribution >= 0.6 is 11.8 Å². The van der Waals surface area contributed by atoms with Gasteiger partial charge in [-0.15, -0.1) is 11.8 Å². The maximum Gasteiger partial charge on any atom is 0.125 e. The van der Waals surface area contributed by atoms with Gasteiger partial charge in [0.25, 0.3) is 0 Å². The zero-order chi connectivity index (χ0) is 14.8. The second kappa shape index (κ2) is 6.08. The van der Waals surface area contributed by atoms with Crippen LogP contribution in [-0.2, 0) is 0 Å². The molecule has 0 saturated carbocycles. The highest BCUT2D eigenvalue weighted by Gasteiger charge is 2.23. The first-order chi connectivity index (χ1) is 10.1. The Labute approximate surface area is 128 Å². The summed E-state index contributed by atoms with van der Waals surface area (Å²) >= 11 is 1.83. The van der Waals surface area contributed by atoms with Crippen molar-refractivity contribution in [1.29, 1.82) is 0 Å². The van der Waals surface area contributed by atoms with Crippen LogP contribution in [0.5, 0.6) is 5.75 Å². The van der Waals surface area contributed by atoms with Gasteiger partial charge < -0.3 is 9.84 Å². The number of aliphatic hydroxyl groups is 1. The lowest BCUT2D eigenvalue weighted by Crippen LogP contribution is -2.11. The van der Waals surface area contributed by atoms with E-state index in [1.54, 1.807) is 13.0 Å². The molecule has 2 aromatic rings. The maximum absolute atomic E-state index is 13.3. The molecule has 1 aliphatic heterocycles. The van der Waals surface area contributed by atoms with Crippen molar-refractivity contribution in [3.8, 4) is 5.75 Å². The molecule has 0 amide bonds. The molecule has 1 aliphatic rings. The SMILES string of the molecule is CC(O)c1cc(F)ccc1OCC1CSc2ccccc21. The van der Waals surface area contributed by atoms with Crippen LogP contribution in [0.2, 0.25) is 0 Å². The molecule has 110 valence electrons. The zero-order valence-electron chi connectivity index (χ0n) is 11.8. The molecule has 1 heterocycles.